The Bertz CT molecular complexity index is 1610. The molecular weight excluding hydrogens is 579 g/mol. The van der Waals surface area contributed by atoms with E-state index in [9.17, 15) is 42.7 Å². The van der Waals surface area contributed by atoms with Gasteiger partial charge in [0.15, 0.2) is 11.6 Å². The van der Waals surface area contributed by atoms with Crippen molar-refractivity contribution in [3.63, 3.8) is 0 Å². The van der Waals surface area contributed by atoms with Gasteiger partial charge in [-0.15, -0.1) is 0 Å². The van der Waals surface area contributed by atoms with Gasteiger partial charge >= 0.3 is 12.1 Å². The van der Waals surface area contributed by atoms with E-state index in [1.54, 1.807) is 12.2 Å². The summed E-state index contributed by atoms with van der Waals surface area (Å²) in [6.45, 7) is 7.61. The van der Waals surface area contributed by atoms with Gasteiger partial charge < -0.3 is 15.7 Å². The second kappa shape index (κ2) is 10.9. The molecule has 3 aliphatic heterocycles. The molecule has 2 amide bonds. The van der Waals surface area contributed by atoms with E-state index in [0.717, 1.165) is 18.1 Å². The third-order valence-corrected chi connectivity index (χ3v) is 9.85. The number of nitriles is 1. The fourth-order valence-corrected chi connectivity index (χ4v) is 7.27. The number of carbonyl (C=O) groups excluding carboxylic acids is 4. The van der Waals surface area contributed by atoms with Crippen molar-refractivity contribution in [2.75, 3.05) is 13.6 Å². The van der Waals surface area contributed by atoms with Crippen molar-refractivity contribution < 1.29 is 37.5 Å². The number of benzene rings is 1. The Morgan fingerprint density at radius 2 is 1.75 bits per heavy atom. The van der Waals surface area contributed by atoms with Gasteiger partial charge in [-0.25, -0.2) is 0 Å². The van der Waals surface area contributed by atoms with E-state index >= 15 is 0 Å². The van der Waals surface area contributed by atoms with Crippen molar-refractivity contribution in [3.05, 3.63) is 50.6 Å². The number of halogens is 3. The molecule has 2 bridgehead atoms. The molecule has 5 rings (SSSR count). The molecule has 0 radical (unpaired) electrons. The zero-order valence-electron chi connectivity index (χ0n) is 25.2. The standard InChI is InChI=1S/C31H34F3N5O5/c1-12-7-17-8-19-21(10-35)39-20(25(38(19)6)23(17)27(41)13(12)2)9-18-24(28(42)15(4)14(3)26(18)40)22(39)11-36-29(43)16(5)37-30(44)31(32,33)34/h7,16,19-22,25,41H,8-9,11H2,1-6H3,(H,36,43)(H,37,44)/t16-,19-,20?,21-,22-,25?/m0/s1. The maximum atomic E-state index is 13.8. The van der Waals surface area contributed by atoms with Gasteiger partial charge in [-0.1, -0.05) is 6.07 Å². The molecule has 44 heavy (non-hydrogen) atoms. The van der Waals surface area contributed by atoms with Gasteiger partial charge in [0.05, 0.1) is 18.2 Å². The minimum Gasteiger partial charge on any atom is -0.507 e. The summed E-state index contributed by atoms with van der Waals surface area (Å²) in [5.41, 5.74) is 4.14. The number of carbonyl (C=O) groups is 4. The highest BCUT2D eigenvalue weighted by molar-refractivity contribution is 6.25. The van der Waals surface area contributed by atoms with Crippen LogP contribution >= 0.6 is 0 Å². The normalized spacial score (nSPS) is 27.7. The molecule has 1 aromatic carbocycles. The van der Waals surface area contributed by atoms with Crippen LogP contribution in [0.3, 0.4) is 0 Å². The molecule has 234 valence electrons. The molecule has 1 saturated heterocycles. The molecule has 0 aromatic heterocycles. The topological polar surface area (TPSA) is 143 Å². The molecule has 3 heterocycles. The molecule has 0 saturated carbocycles. The zero-order chi connectivity index (χ0) is 32.6. The Labute approximate surface area is 252 Å². The molecule has 4 aliphatic rings. The third kappa shape index (κ3) is 4.71. The van der Waals surface area contributed by atoms with Crippen LogP contribution < -0.4 is 10.6 Å². The van der Waals surface area contributed by atoms with Crippen LogP contribution in [0.25, 0.3) is 0 Å². The summed E-state index contributed by atoms with van der Waals surface area (Å²) in [5.74, 6) is -3.79. The second-order valence-electron chi connectivity index (χ2n) is 12.2. The number of allylic oxidation sites excluding steroid dienone is 2. The first-order valence-corrected chi connectivity index (χ1v) is 14.4. The summed E-state index contributed by atoms with van der Waals surface area (Å²) >= 11 is 0. The van der Waals surface area contributed by atoms with Crippen LogP contribution in [0.15, 0.2) is 28.4 Å². The van der Waals surface area contributed by atoms with Crippen LogP contribution in [0.2, 0.25) is 0 Å². The number of amides is 2. The number of alkyl halides is 3. The number of piperazine rings is 1. The fraction of sp³-hybridized carbons (Fsp3) is 0.516. The first kappa shape index (κ1) is 31.4. The zero-order valence-corrected chi connectivity index (χ0v) is 25.2. The van der Waals surface area contributed by atoms with Crippen LogP contribution in [0.4, 0.5) is 13.2 Å². The first-order valence-electron chi connectivity index (χ1n) is 14.4. The summed E-state index contributed by atoms with van der Waals surface area (Å²) in [4.78, 5) is 55.6. The number of hydrogen-bond donors (Lipinski definition) is 3. The number of nitrogens with zero attached hydrogens (tertiary/aromatic N) is 3. The molecule has 1 aliphatic carbocycles. The predicted octanol–water partition coefficient (Wildman–Crippen LogP) is 2.22. The number of Topliss-reactive ketones (excluding diaryl/α,β-unsaturated/α-hetero) is 2. The average molecular weight is 614 g/mol. The van der Waals surface area contributed by atoms with Crippen LogP contribution in [0, 0.1) is 25.2 Å². The summed E-state index contributed by atoms with van der Waals surface area (Å²) in [6.07, 6.45) is -4.65. The molecule has 10 nitrogen and oxygen atoms in total. The lowest BCUT2D eigenvalue weighted by atomic mass is 9.69. The van der Waals surface area contributed by atoms with Gasteiger partial charge in [0.25, 0.3) is 0 Å². The number of nitrogens with one attached hydrogen (secondary N) is 2. The van der Waals surface area contributed by atoms with E-state index in [1.165, 1.54) is 6.92 Å². The number of phenols is 1. The van der Waals surface area contributed by atoms with Crippen molar-refractivity contribution in [3.8, 4) is 11.8 Å². The van der Waals surface area contributed by atoms with Crippen molar-refractivity contribution in [1.82, 2.24) is 20.4 Å². The maximum Gasteiger partial charge on any atom is 0.471 e. The molecule has 2 unspecified atom stereocenters. The Morgan fingerprint density at radius 1 is 1.11 bits per heavy atom. The van der Waals surface area contributed by atoms with Crippen molar-refractivity contribution >= 4 is 23.4 Å². The lowest BCUT2D eigenvalue weighted by Crippen LogP contribution is -2.71. The highest BCUT2D eigenvalue weighted by Crippen LogP contribution is 2.52. The third-order valence-electron chi connectivity index (χ3n) is 9.85. The average Bonchev–Trinajstić information content (AvgIpc) is 2.96. The molecular formula is C31H34F3N5O5. The quantitative estimate of drug-likeness (QED) is 0.439. The highest BCUT2D eigenvalue weighted by Gasteiger charge is 2.57. The Hall–Kier alpha value is -4.02. The monoisotopic (exact) mass is 613 g/mol. The number of likely N-dealkylation sites (N-methyl/N-ethyl adjacent to an activating group) is 1. The van der Waals surface area contributed by atoms with Gasteiger partial charge in [-0.3, -0.25) is 29.0 Å². The highest BCUT2D eigenvalue weighted by atomic mass is 19.4. The SMILES string of the molecule is CC1=C(C)C(=O)C2=C(CC3C4c5c(cc(C)c(C)c5O)C[C@@H]([C@H](C#N)N3[C@H]2CNC(=O)[C@H](C)NC(=O)C(F)(F)F)N4C)C1=O. The first-order chi connectivity index (χ1) is 20.5. The molecule has 0 spiro atoms. The molecule has 1 fully saturated rings. The van der Waals surface area contributed by atoms with Gasteiger partial charge in [-0.2, -0.15) is 18.4 Å². The van der Waals surface area contributed by atoms with Gasteiger partial charge in [0.1, 0.15) is 17.8 Å². The smallest absolute Gasteiger partial charge is 0.471 e. The van der Waals surface area contributed by atoms with E-state index in [4.69, 9.17) is 0 Å². The number of fused-ring (bicyclic) bond motifs is 6. The van der Waals surface area contributed by atoms with Crippen molar-refractivity contribution in [1.29, 1.82) is 5.26 Å². The van der Waals surface area contributed by atoms with Gasteiger partial charge in [0.2, 0.25) is 5.91 Å². The Morgan fingerprint density at radius 3 is 2.36 bits per heavy atom. The van der Waals surface area contributed by atoms with Crippen LogP contribution in [-0.2, 0) is 25.6 Å². The summed E-state index contributed by atoms with van der Waals surface area (Å²) in [6, 6.07) is -0.352. The summed E-state index contributed by atoms with van der Waals surface area (Å²) in [5, 5.41) is 26.1. The maximum absolute atomic E-state index is 13.8. The minimum absolute atomic E-state index is 0.110. The lowest BCUT2D eigenvalue weighted by Gasteiger charge is -2.60. The molecule has 13 heteroatoms. The Balaban J connectivity index is 1.60. The second-order valence-corrected chi connectivity index (χ2v) is 12.2. The van der Waals surface area contributed by atoms with E-state index < -0.39 is 54.0 Å². The number of aryl methyl sites for hydroxylation is 1. The van der Waals surface area contributed by atoms with Crippen LogP contribution in [0.1, 0.15) is 55.5 Å². The fourth-order valence-electron chi connectivity index (χ4n) is 7.27. The van der Waals surface area contributed by atoms with Crippen molar-refractivity contribution in [2.24, 2.45) is 0 Å². The van der Waals surface area contributed by atoms with E-state index in [1.807, 2.05) is 36.8 Å². The lowest BCUT2D eigenvalue weighted by molar-refractivity contribution is -0.174. The van der Waals surface area contributed by atoms with E-state index in [-0.39, 0.29) is 47.3 Å². The summed E-state index contributed by atoms with van der Waals surface area (Å²) in [7, 11) is 1.86. The van der Waals surface area contributed by atoms with E-state index in [2.05, 4.69) is 11.4 Å². The number of rotatable bonds is 4. The predicted molar refractivity (Wildman–Crippen MR) is 151 cm³/mol. The summed E-state index contributed by atoms with van der Waals surface area (Å²) < 4.78 is 38.4. The van der Waals surface area contributed by atoms with Gasteiger partial charge in [-0.05, 0) is 71.2 Å². The Kier molecular flexibility index (Phi) is 7.75. The van der Waals surface area contributed by atoms with E-state index in [0.29, 0.717) is 23.1 Å². The largest absolute Gasteiger partial charge is 0.507 e. The van der Waals surface area contributed by atoms with Crippen molar-refractivity contribution in [2.45, 2.75) is 89.9 Å². The van der Waals surface area contributed by atoms with Crippen LogP contribution in [0.5, 0.6) is 5.75 Å². The number of phenolic OH excluding ortho intramolecular Hbond substituents is 1. The number of aromatic hydroxyl groups is 1. The molecule has 3 N–H and O–H groups in total. The van der Waals surface area contributed by atoms with Gasteiger partial charge in [0, 0.05) is 46.5 Å². The van der Waals surface area contributed by atoms with Crippen LogP contribution in [-0.4, -0.2) is 88.3 Å². The number of hydrogen-bond acceptors (Lipinski definition) is 8. The molecule has 1 aromatic rings. The minimum atomic E-state index is -5.18. The molecule has 6 atom stereocenters. The number of ketones is 2.